The number of hydrogen-bond acceptors (Lipinski definition) is 3. The standard InChI is InChI=1S/C25H11Cl5F7N3O3/c26-10-3-7(4-11(27)17(10)28)15-16(24(15,29)30)22(42)38-8-5-9(18(33)13(32)6-8)21(41)39-14-2-1-12(31)20(19(14)34)40-23(43)25(35,36)37/h1-6,15-16H,(H,38,42)(H,39,41)(H,40,43)/t15-,16+/m0/s1. The molecule has 1 aliphatic rings. The second-order valence-corrected chi connectivity index (χ2v) is 11.6. The Bertz CT molecular complexity index is 1660. The van der Waals surface area contributed by atoms with Crippen molar-refractivity contribution in [1.29, 1.82) is 0 Å². The first-order valence-electron chi connectivity index (χ1n) is 11.3. The number of benzene rings is 3. The van der Waals surface area contributed by atoms with Crippen LogP contribution in [0.4, 0.5) is 47.8 Å². The summed E-state index contributed by atoms with van der Waals surface area (Å²) in [6.07, 6.45) is -5.51. The summed E-state index contributed by atoms with van der Waals surface area (Å²) in [5.41, 5.74) is -3.82. The maximum Gasteiger partial charge on any atom is 0.471 e. The third-order valence-electron chi connectivity index (χ3n) is 6.08. The molecule has 0 radical (unpaired) electrons. The molecule has 4 rings (SSSR count). The smallest absolute Gasteiger partial charge is 0.326 e. The van der Waals surface area contributed by atoms with Crippen LogP contribution in [0.15, 0.2) is 36.4 Å². The van der Waals surface area contributed by atoms with Gasteiger partial charge < -0.3 is 16.0 Å². The molecule has 3 aromatic carbocycles. The van der Waals surface area contributed by atoms with Gasteiger partial charge in [-0.25, -0.2) is 17.6 Å². The fourth-order valence-electron chi connectivity index (χ4n) is 4.01. The van der Waals surface area contributed by atoms with E-state index in [1.807, 2.05) is 0 Å². The highest BCUT2D eigenvalue weighted by Gasteiger charge is 2.67. The largest absolute Gasteiger partial charge is 0.471 e. The van der Waals surface area contributed by atoms with E-state index in [0.29, 0.717) is 29.8 Å². The first kappa shape index (κ1) is 32.9. The zero-order valence-corrected chi connectivity index (χ0v) is 24.2. The Labute approximate surface area is 261 Å². The number of hydrogen-bond donors (Lipinski definition) is 3. The molecule has 0 heterocycles. The van der Waals surface area contributed by atoms with E-state index in [-0.39, 0.29) is 15.1 Å². The predicted octanol–water partition coefficient (Wildman–Crippen LogP) is 8.48. The van der Waals surface area contributed by atoms with E-state index < -0.39 is 86.0 Å². The summed E-state index contributed by atoms with van der Waals surface area (Å²) < 4.78 is 93.5. The monoisotopic (exact) mass is 709 g/mol. The van der Waals surface area contributed by atoms with E-state index in [2.05, 4.69) is 5.32 Å². The van der Waals surface area contributed by atoms with Gasteiger partial charge in [-0.2, -0.15) is 13.2 Å². The fourth-order valence-corrected chi connectivity index (χ4v) is 5.45. The summed E-state index contributed by atoms with van der Waals surface area (Å²) in [5.74, 6) is -14.1. The molecule has 3 amide bonds. The molecule has 0 aliphatic heterocycles. The lowest BCUT2D eigenvalue weighted by Crippen LogP contribution is -2.31. The van der Waals surface area contributed by atoms with Gasteiger partial charge in [0.15, 0.2) is 17.5 Å². The molecule has 0 spiro atoms. The summed E-state index contributed by atoms with van der Waals surface area (Å²) in [4.78, 5) is 36.8. The van der Waals surface area contributed by atoms with Gasteiger partial charge in [-0.15, -0.1) is 23.2 Å². The molecule has 6 nitrogen and oxygen atoms in total. The number of halogens is 12. The van der Waals surface area contributed by atoms with Gasteiger partial charge in [-0.1, -0.05) is 34.8 Å². The van der Waals surface area contributed by atoms with Crippen LogP contribution in [0.3, 0.4) is 0 Å². The van der Waals surface area contributed by atoms with Gasteiger partial charge in [-0.3, -0.25) is 14.4 Å². The highest BCUT2D eigenvalue weighted by molar-refractivity contribution is 6.54. The minimum Gasteiger partial charge on any atom is -0.326 e. The first-order chi connectivity index (χ1) is 19.8. The lowest BCUT2D eigenvalue weighted by atomic mass is 10.1. The number of alkyl halides is 5. The molecule has 0 aromatic heterocycles. The van der Waals surface area contributed by atoms with Crippen LogP contribution in [0, 0.1) is 29.2 Å². The molecule has 2 atom stereocenters. The van der Waals surface area contributed by atoms with E-state index in [0.717, 1.165) is 5.32 Å². The third kappa shape index (κ3) is 6.60. The van der Waals surface area contributed by atoms with E-state index in [4.69, 9.17) is 58.0 Å². The van der Waals surface area contributed by atoms with E-state index >= 15 is 0 Å². The van der Waals surface area contributed by atoms with Crippen LogP contribution in [-0.4, -0.2) is 28.2 Å². The summed E-state index contributed by atoms with van der Waals surface area (Å²) in [5, 5.41) is 5.07. The summed E-state index contributed by atoms with van der Waals surface area (Å²) in [7, 11) is 0. The number of amides is 3. The van der Waals surface area contributed by atoms with E-state index in [9.17, 15) is 45.1 Å². The molecule has 1 fully saturated rings. The van der Waals surface area contributed by atoms with Crippen molar-refractivity contribution in [3.8, 4) is 0 Å². The maximum atomic E-state index is 14.7. The Morgan fingerprint density at radius 1 is 0.791 bits per heavy atom. The zero-order valence-electron chi connectivity index (χ0n) is 20.4. The number of carbonyl (C=O) groups is 3. The maximum absolute atomic E-state index is 14.7. The van der Waals surface area contributed by atoms with Crippen molar-refractivity contribution in [2.24, 2.45) is 5.92 Å². The van der Waals surface area contributed by atoms with Crippen molar-refractivity contribution < 1.29 is 45.1 Å². The van der Waals surface area contributed by atoms with Gasteiger partial charge in [0.1, 0.15) is 15.8 Å². The Morgan fingerprint density at radius 2 is 1.40 bits per heavy atom. The molecular weight excluding hydrogens is 701 g/mol. The third-order valence-corrected chi connectivity index (χ3v) is 8.21. The van der Waals surface area contributed by atoms with Crippen molar-refractivity contribution in [3.05, 3.63) is 85.9 Å². The summed E-state index contributed by atoms with van der Waals surface area (Å²) >= 11 is 30.5. The zero-order chi connectivity index (χ0) is 32.2. The molecule has 1 saturated carbocycles. The van der Waals surface area contributed by atoms with Crippen molar-refractivity contribution in [3.63, 3.8) is 0 Å². The minimum atomic E-state index is -5.51. The van der Waals surface area contributed by atoms with Gasteiger partial charge >= 0.3 is 12.1 Å². The average Bonchev–Trinajstić information content (AvgIpc) is 3.49. The van der Waals surface area contributed by atoms with Crippen LogP contribution in [-0.2, 0) is 9.59 Å². The normalized spacial score (nSPS) is 17.3. The van der Waals surface area contributed by atoms with Gasteiger partial charge in [0.05, 0.1) is 32.2 Å². The van der Waals surface area contributed by atoms with Crippen molar-refractivity contribution in [2.75, 3.05) is 16.0 Å². The molecule has 228 valence electrons. The van der Waals surface area contributed by atoms with Crippen LogP contribution in [0.5, 0.6) is 0 Å². The molecule has 43 heavy (non-hydrogen) atoms. The quantitative estimate of drug-likeness (QED) is 0.136. The molecule has 3 N–H and O–H groups in total. The number of rotatable bonds is 6. The van der Waals surface area contributed by atoms with Crippen LogP contribution in [0.25, 0.3) is 0 Å². The topological polar surface area (TPSA) is 87.3 Å². The number of nitrogens with one attached hydrogen (secondary N) is 3. The fraction of sp³-hybridized carbons (Fsp3) is 0.160. The molecule has 0 bridgehead atoms. The molecule has 1 aliphatic carbocycles. The summed E-state index contributed by atoms with van der Waals surface area (Å²) in [6, 6.07) is 4.86. The van der Waals surface area contributed by atoms with Gasteiger partial charge in [0.25, 0.3) is 5.91 Å². The van der Waals surface area contributed by atoms with Gasteiger partial charge in [-0.05, 0) is 35.9 Å². The molecule has 0 unspecified atom stereocenters. The lowest BCUT2D eigenvalue weighted by molar-refractivity contribution is -0.167. The van der Waals surface area contributed by atoms with Crippen LogP contribution in [0.2, 0.25) is 15.1 Å². The van der Waals surface area contributed by atoms with Gasteiger partial charge in [0, 0.05) is 17.7 Å². The van der Waals surface area contributed by atoms with Gasteiger partial charge in [0.2, 0.25) is 5.91 Å². The second kappa shape index (κ2) is 11.8. The minimum absolute atomic E-state index is 0.0406. The summed E-state index contributed by atoms with van der Waals surface area (Å²) in [6.45, 7) is 0. The van der Waals surface area contributed by atoms with E-state index in [1.165, 1.54) is 12.1 Å². The van der Waals surface area contributed by atoms with Crippen LogP contribution < -0.4 is 16.0 Å². The number of anilines is 3. The Balaban J connectivity index is 1.56. The Kier molecular flexibility index (Phi) is 9.07. The first-order valence-corrected chi connectivity index (χ1v) is 13.2. The van der Waals surface area contributed by atoms with Crippen molar-refractivity contribution >= 4 is 92.8 Å². The van der Waals surface area contributed by atoms with Crippen molar-refractivity contribution in [1.82, 2.24) is 0 Å². The molecule has 0 saturated heterocycles. The molecule has 3 aromatic rings. The SMILES string of the molecule is O=C(Nc1ccc(F)c(NC(=O)C(F)(F)F)c1F)c1cc(NC(=O)[C@H]2[C@H](c3cc(Cl)c(Cl)c(Cl)c3)C2(Cl)Cl)cc(F)c1F. The van der Waals surface area contributed by atoms with E-state index in [1.54, 1.807) is 5.32 Å². The molecule has 18 heteroatoms. The predicted molar refractivity (Wildman–Crippen MR) is 146 cm³/mol. The lowest BCUT2D eigenvalue weighted by Gasteiger charge is -2.14. The van der Waals surface area contributed by atoms with Crippen molar-refractivity contribution in [2.45, 2.75) is 16.4 Å². The van der Waals surface area contributed by atoms with Crippen LogP contribution in [0.1, 0.15) is 21.8 Å². The second-order valence-electron chi connectivity index (χ2n) is 8.93. The van der Waals surface area contributed by atoms with Crippen LogP contribution >= 0.6 is 58.0 Å². The highest BCUT2D eigenvalue weighted by atomic mass is 35.5. The number of carbonyl (C=O) groups excluding carboxylic acids is 3. The molecular formula is C25H11Cl5F7N3O3. The average molecular weight is 712 g/mol. The Morgan fingerprint density at radius 3 is 1.98 bits per heavy atom. The highest BCUT2D eigenvalue weighted by Crippen LogP contribution is 2.65. The Hall–Kier alpha value is -2.97.